The minimum atomic E-state index is -1.29. The summed E-state index contributed by atoms with van der Waals surface area (Å²) in [5.74, 6) is -3.41. The summed E-state index contributed by atoms with van der Waals surface area (Å²) in [5.41, 5.74) is 2.74. The minimum Gasteiger partial charge on any atom is -0.394 e. The molecule has 2 rings (SSSR count). The fourth-order valence-electron chi connectivity index (χ4n) is 2.25. The molecule has 2 aromatic rings. The van der Waals surface area contributed by atoms with E-state index in [0.29, 0.717) is 5.69 Å². The Morgan fingerprint density at radius 2 is 2.04 bits per heavy atom. The Morgan fingerprint density at radius 1 is 1.32 bits per heavy atom. The standard InChI is InChI=1S/C18H18ClF2IN2O4/c1-9-5-10(22)3-4-14(9)23-17-12(6-13(19)15(20)16(17)21)18(26)24-28-8-11(7-25)27-2/h3-6,11,23,25H,7-8H2,1-2H3,(H,24,26). The van der Waals surface area contributed by atoms with E-state index >= 15 is 0 Å². The third kappa shape index (κ3) is 5.51. The zero-order valence-electron chi connectivity index (χ0n) is 15.0. The number of hydroxylamine groups is 1. The van der Waals surface area contributed by atoms with Gasteiger partial charge in [-0.25, -0.2) is 14.3 Å². The first kappa shape index (κ1) is 22.8. The summed E-state index contributed by atoms with van der Waals surface area (Å²) in [4.78, 5) is 17.4. The van der Waals surface area contributed by atoms with Gasteiger partial charge >= 0.3 is 0 Å². The number of carbonyl (C=O) groups is 1. The number of amides is 1. The van der Waals surface area contributed by atoms with Crippen LogP contribution in [0.1, 0.15) is 15.9 Å². The predicted octanol–water partition coefficient (Wildman–Crippen LogP) is 3.94. The Morgan fingerprint density at radius 3 is 2.64 bits per heavy atom. The summed E-state index contributed by atoms with van der Waals surface area (Å²) in [7, 11) is 1.37. The lowest BCUT2D eigenvalue weighted by Gasteiger charge is -2.17. The summed E-state index contributed by atoms with van der Waals surface area (Å²) >= 11 is 7.83. The molecule has 1 amide bonds. The number of carbonyl (C=O) groups excluding carboxylic acids is 1. The molecule has 10 heteroatoms. The van der Waals surface area contributed by atoms with E-state index in [1.54, 1.807) is 19.1 Å². The topological polar surface area (TPSA) is 79.8 Å². The molecule has 0 heterocycles. The van der Waals surface area contributed by atoms with Crippen molar-refractivity contribution < 1.29 is 28.3 Å². The number of ether oxygens (including phenoxy) is 1. The van der Waals surface area contributed by atoms with Crippen LogP contribution in [0, 0.1) is 22.1 Å². The highest BCUT2D eigenvalue weighted by atomic mass is 127. The van der Waals surface area contributed by atoms with Crippen LogP contribution in [0.5, 0.6) is 0 Å². The van der Waals surface area contributed by atoms with Gasteiger partial charge in [0.1, 0.15) is 12.7 Å². The molecule has 28 heavy (non-hydrogen) atoms. The van der Waals surface area contributed by atoms with Crippen LogP contribution in [-0.2, 0) is 9.57 Å². The highest BCUT2D eigenvalue weighted by Gasteiger charge is 2.23. The van der Waals surface area contributed by atoms with Crippen molar-refractivity contribution in [2.45, 2.75) is 13.0 Å². The van der Waals surface area contributed by atoms with Gasteiger partial charge in [0, 0.05) is 16.4 Å². The molecule has 2 aromatic carbocycles. The SMILES string of the molecule is COC(CO)CONC(=O)c1cc(Cl)c(F)c(F)c1Nc1ccc(I)cc1C. The first-order valence-corrected chi connectivity index (χ1v) is 9.50. The molecule has 0 radical (unpaired) electrons. The van der Waals surface area contributed by atoms with Crippen molar-refractivity contribution >= 4 is 51.5 Å². The molecule has 0 bridgehead atoms. The molecule has 6 nitrogen and oxygen atoms in total. The second-order valence-electron chi connectivity index (χ2n) is 5.78. The van der Waals surface area contributed by atoms with Crippen molar-refractivity contribution in [2.24, 2.45) is 0 Å². The van der Waals surface area contributed by atoms with Crippen LogP contribution in [0.25, 0.3) is 0 Å². The lowest BCUT2D eigenvalue weighted by Crippen LogP contribution is -2.31. The Hall–Kier alpha value is -1.53. The molecular formula is C18H18ClF2IN2O4. The smallest absolute Gasteiger partial charge is 0.277 e. The lowest BCUT2D eigenvalue weighted by atomic mass is 10.1. The molecule has 0 aliphatic rings. The number of methoxy groups -OCH3 is 1. The van der Waals surface area contributed by atoms with Gasteiger partial charge in [0.15, 0.2) is 11.6 Å². The fourth-order valence-corrected chi connectivity index (χ4v) is 3.09. The summed E-state index contributed by atoms with van der Waals surface area (Å²) in [6.07, 6.45) is -0.652. The van der Waals surface area contributed by atoms with Crippen molar-refractivity contribution in [1.29, 1.82) is 0 Å². The van der Waals surface area contributed by atoms with Gasteiger partial charge in [-0.05, 0) is 59.3 Å². The van der Waals surface area contributed by atoms with E-state index in [0.717, 1.165) is 15.2 Å². The zero-order valence-corrected chi connectivity index (χ0v) is 17.9. The molecule has 0 saturated carbocycles. The third-order valence-electron chi connectivity index (χ3n) is 3.83. The molecule has 152 valence electrons. The van der Waals surface area contributed by atoms with Gasteiger partial charge in [-0.15, -0.1) is 0 Å². The van der Waals surface area contributed by atoms with Crippen LogP contribution in [-0.4, -0.2) is 37.4 Å². The molecule has 0 spiro atoms. The van der Waals surface area contributed by atoms with Crippen LogP contribution in [0.15, 0.2) is 24.3 Å². The number of aliphatic hydroxyl groups is 1. The minimum absolute atomic E-state index is 0.144. The second kappa shape index (κ2) is 10.3. The van der Waals surface area contributed by atoms with Crippen molar-refractivity contribution in [2.75, 3.05) is 25.6 Å². The van der Waals surface area contributed by atoms with E-state index in [1.165, 1.54) is 7.11 Å². The molecule has 0 fully saturated rings. The maximum atomic E-state index is 14.5. The number of nitrogens with one attached hydrogen (secondary N) is 2. The Kier molecular flexibility index (Phi) is 8.38. The van der Waals surface area contributed by atoms with Crippen LogP contribution >= 0.6 is 34.2 Å². The number of benzene rings is 2. The van der Waals surface area contributed by atoms with Crippen molar-refractivity contribution in [3.05, 3.63) is 55.6 Å². The van der Waals surface area contributed by atoms with Crippen LogP contribution in [0.2, 0.25) is 5.02 Å². The Balaban J connectivity index is 2.31. The van der Waals surface area contributed by atoms with Crippen molar-refractivity contribution in [3.63, 3.8) is 0 Å². The quantitative estimate of drug-likeness (QED) is 0.276. The van der Waals surface area contributed by atoms with Gasteiger partial charge in [0.05, 0.1) is 22.9 Å². The van der Waals surface area contributed by atoms with Gasteiger partial charge in [-0.3, -0.25) is 9.63 Å². The largest absolute Gasteiger partial charge is 0.394 e. The first-order valence-electron chi connectivity index (χ1n) is 8.04. The second-order valence-corrected chi connectivity index (χ2v) is 7.43. The normalized spacial score (nSPS) is 12.0. The van der Waals surface area contributed by atoms with E-state index in [9.17, 15) is 13.6 Å². The van der Waals surface area contributed by atoms with E-state index in [1.807, 2.05) is 6.07 Å². The highest BCUT2D eigenvalue weighted by Crippen LogP contribution is 2.32. The Labute approximate surface area is 179 Å². The van der Waals surface area contributed by atoms with Gasteiger partial charge in [-0.1, -0.05) is 11.6 Å². The number of hydrogen-bond donors (Lipinski definition) is 3. The average Bonchev–Trinajstić information content (AvgIpc) is 2.67. The summed E-state index contributed by atoms with van der Waals surface area (Å²) in [6.45, 7) is 1.33. The molecule has 0 aliphatic heterocycles. The zero-order chi connectivity index (χ0) is 20.8. The number of halogens is 4. The summed E-state index contributed by atoms with van der Waals surface area (Å²) < 4.78 is 34.4. The lowest BCUT2D eigenvalue weighted by molar-refractivity contribution is -0.0469. The van der Waals surface area contributed by atoms with Gasteiger partial charge < -0.3 is 15.2 Å². The number of rotatable bonds is 8. The van der Waals surface area contributed by atoms with Crippen LogP contribution in [0.4, 0.5) is 20.2 Å². The van der Waals surface area contributed by atoms with Gasteiger partial charge in [0.2, 0.25) is 0 Å². The molecule has 3 N–H and O–H groups in total. The Bertz CT molecular complexity index is 866. The van der Waals surface area contributed by atoms with Crippen molar-refractivity contribution in [3.8, 4) is 0 Å². The molecular weight excluding hydrogens is 509 g/mol. The molecule has 1 unspecified atom stereocenters. The predicted molar refractivity (Wildman–Crippen MR) is 110 cm³/mol. The maximum Gasteiger partial charge on any atom is 0.277 e. The van der Waals surface area contributed by atoms with Crippen molar-refractivity contribution in [1.82, 2.24) is 5.48 Å². The number of aryl methyl sites for hydroxylation is 1. The van der Waals surface area contributed by atoms with Gasteiger partial charge in [-0.2, -0.15) is 0 Å². The molecule has 0 aromatic heterocycles. The average molecular weight is 527 g/mol. The van der Waals surface area contributed by atoms with Crippen LogP contribution in [0.3, 0.4) is 0 Å². The highest BCUT2D eigenvalue weighted by molar-refractivity contribution is 14.1. The van der Waals surface area contributed by atoms with Crippen LogP contribution < -0.4 is 10.8 Å². The molecule has 0 aliphatic carbocycles. The first-order chi connectivity index (χ1) is 13.3. The summed E-state index contributed by atoms with van der Waals surface area (Å²) in [5, 5.41) is 11.2. The molecule has 0 saturated heterocycles. The van der Waals surface area contributed by atoms with E-state index < -0.39 is 28.7 Å². The summed E-state index contributed by atoms with van der Waals surface area (Å²) in [6, 6.07) is 6.31. The maximum absolute atomic E-state index is 14.5. The number of aliphatic hydroxyl groups excluding tert-OH is 1. The van der Waals surface area contributed by atoms with E-state index in [-0.39, 0.29) is 24.5 Å². The fraction of sp³-hybridized carbons (Fsp3) is 0.278. The third-order valence-corrected chi connectivity index (χ3v) is 4.77. The van der Waals surface area contributed by atoms with Gasteiger partial charge in [0.25, 0.3) is 5.91 Å². The molecule has 1 atom stereocenters. The number of anilines is 2. The van der Waals surface area contributed by atoms with E-state index in [4.69, 9.17) is 26.3 Å². The monoisotopic (exact) mass is 526 g/mol. The van der Waals surface area contributed by atoms with E-state index in [2.05, 4.69) is 33.4 Å². The number of hydrogen-bond acceptors (Lipinski definition) is 5.